The van der Waals surface area contributed by atoms with Gasteiger partial charge in [-0.25, -0.2) is 24.9 Å². The van der Waals surface area contributed by atoms with Crippen molar-refractivity contribution in [2.24, 2.45) is 71.6 Å². The van der Waals surface area contributed by atoms with Gasteiger partial charge in [-0.2, -0.15) is 11.0 Å². The fourth-order valence-electron chi connectivity index (χ4n) is 6.30. The van der Waals surface area contributed by atoms with Crippen LogP contribution in [-0.4, -0.2) is 129 Å². The van der Waals surface area contributed by atoms with Crippen LogP contribution in [0.1, 0.15) is 17.2 Å². The van der Waals surface area contributed by atoms with E-state index in [2.05, 4.69) is 46.9 Å². The molecule has 0 bridgehead atoms. The van der Waals surface area contributed by atoms with E-state index >= 15 is 0 Å². The van der Waals surface area contributed by atoms with E-state index in [1.165, 1.54) is 55.7 Å². The molecule has 1 fully saturated rings. The summed E-state index contributed by atoms with van der Waals surface area (Å²) in [5.41, 5.74) is 53.6. The maximum Gasteiger partial charge on any atom is 0.270 e. The van der Waals surface area contributed by atoms with Crippen molar-refractivity contribution >= 4 is 59.3 Å². The Morgan fingerprint density at radius 1 is 0.714 bits per heavy atom. The topological polar surface area (TPSA) is 576 Å². The summed E-state index contributed by atoms with van der Waals surface area (Å²) in [6.07, 6.45) is -8.29. The van der Waals surface area contributed by atoms with Crippen molar-refractivity contribution in [3.8, 4) is 11.5 Å². The number of nitrogens with one attached hydrogen (secondary N) is 7. The summed E-state index contributed by atoms with van der Waals surface area (Å²) in [7, 11) is 1.35. The van der Waals surface area contributed by atoms with E-state index in [1.54, 1.807) is 6.07 Å². The molecule has 1 saturated heterocycles. The van der Waals surface area contributed by atoms with Gasteiger partial charge in [0.1, 0.15) is 29.6 Å². The minimum Gasteiger partial charge on any atom is -0.508 e. The Bertz CT molecular complexity index is 2500. The lowest BCUT2D eigenvalue weighted by atomic mass is 9.96. The molecule has 2 aliphatic rings. The van der Waals surface area contributed by atoms with Crippen LogP contribution in [0.15, 0.2) is 92.0 Å². The maximum absolute atomic E-state index is 14.2. The van der Waals surface area contributed by atoms with Crippen LogP contribution >= 0.6 is 0 Å². The molecule has 4 rings (SSSR count). The van der Waals surface area contributed by atoms with Crippen LogP contribution in [0.2, 0.25) is 0 Å². The van der Waals surface area contributed by atoms with Gasteiger partial charge >= 0.3 is 0 Å². The first kappa shape index (κ1) is 53.1. The highest BCUT2D eigenvalue weighted by Crippen LogP contribution is 2.31. The number of phenolic OH excluding ortho intramolecular Hbond substituents is 1. The number of benzene rings is 2. The highest BCUT2D eigenvalue weighted by molar-refractivity contribution is 5.98. The third-order valence-electron chi connectivity index (χ3n) is 9.39. The molecule has 0 saturated carbocycles. The summed E-state index contributed by atoms with van der Waals surface area (Å²) in [6, 6.07) is 7.34. The van der Waals surface area contributed by atoms with Crippen LogP contribution in [-0.2, 0) is 40.3 Å². The van der Waals surface area contributed by atoms with Crippen molar-refractivity contribution in [1.82, 2.24) is 42.4 Å². The Balaban J connectivity index is 1.66. The number of ether oxygens (including phenoxy) is 1. The number of rotatable bonds is 22. The number of hydrogen-bond donors (Lipinski definition) is 18. The molecule has 0 spiro atoms. The standard InChI is InChI=1S/C36H50N22O12/c1-69-15-7-10-18(59)14(11-15)12-57(16-8-9-17(58(67)68)21-20(16)55-70-56-21)32(66)31(65)46-19(13-5-3-2-4-6-13)27(61)48-24(52-34(40)41)29(63)50-26(54-36(44)45)30(64)49-25(53-35(42)43)28(62)47-23(22(37)60)51-33(38)39/h2-11,19-21,23-26,32,55-56,59,66H,12H2,1H3,(H2,37,60)(H,46,65)(H,47,62)(H,48,61)(H,49,64)(H,50,63)(H4,38,39,51)(H4,40,41,52)(H4,42,43,53)(H4,44,45,54). The van der Waals surface area contributed by atoms with E-state index in [1.807, 2.05) is 10.6 Å². The molecular formula is C36H50N22O12. The van der Waals surface area contributed by atoms with E-state index in [0.717, 1.165) is 11.0 Å². The van der Waals surface area contributed by atoms with Gasteiger partial charge in [0, 0.05) is 23.9 Å². The number of hydroxylamine groups is 2. The highest BCUT2D eigenvalue weighted by atomic mass is 16.8. The number of fused-ring (bicyclic) bond motifs is 1. The summed E-state index contributed by atoms with van der Waals surface area (Å²) in [5.74, 6) is -11.1. The maximum atomic E-state index is 14.2. The lowest BCUT2D eigenvalue weighted by Crippen LogP contribution is -2.58. The normalized spacial score (nSPS) is 17.2. The zero-order valence-corrected chi connectivity index (χ0v) is 36.5. The number of aliphatic hydroxyl groups is 1. The minimum atomic E-state index is -2.27. The first-order chi connectivity index (χ1) is 33.0. The summed E-state index contributed by atoms with van der Waals surface area (Å²) < 4.78 is 5.27. The van der Waals surface area contributed by atoms with Gasteiger partial charge in [0.15, 0.2) is 23.8 Å². The number of aliphatic hydroxyl groups excluding tert-OH is 1. The molecule has 8 unspecified atom stereocenters. The molecule has 1 heterocycles. The Morgan fingerprint density at radius 2 is 1.20 bits per heavy atom. The van der Waals surface area contributed by atoms with Gasteiger partial charge in [-0.3, -0.25) is 38.9 Å². The molecule has 70 heavy (non-hydrogen) atoms. The number of carbonyl (C=O) groups is 6. The molecule has 2 aromatic carbocycles. The van der Waals surface area contributed by atoms with Crippen molar-refractivity contribution in [1.29, 1.82) is 0 Å². The number of aromatic hydroxyl groups is 1. The molecule has 0 radical (unpaired) electrons. The fourth-order valence-corrected chi connectivity index (χ4v) is 6.30. The Labute approximate surface area is 393 Å². The molecule has 27 N–H and O–H groups in total. The number of methoxy groups -OCH3 is 1. The molecular weight excluding hydrogens is 933 g/mol. The van der Waals surface area contributed by atoms with E-state index in [0.29, 0.717) is 0 Å². The number of primary amides is 1. The van der Waals surface area contributed by atoms with Crippen molar-refractivity contribution < 1.29 is 53.6 Å². The first-order valence-electron chi connectivity index (χ1n) is 19.8. The molecule has 6 amide bonds. The molecule has 8 atom stereocenters. The van der Waals surface area contributed by atoms with Crippen LogP contribution in [0.5, 0.6) is 11.5 Å². The number of carbonyl (C=O) groups excluding carboxylic acids is 6. The van der Waals surface area contributed by atoms with Crippen LogP contribution in [0.4, 0.5) is 0 Å². The molecule has 376 valence electrons. The van der Waals surface area contributed by atoms with E-state index in [4.69, 9.17) is 61.3 Å². The average Bonchev–Trinajstić information content (AvgIpc) is 3.79. The van der Waals surface area contributed by atoms with E-state index in [-0.39, 0.29) is 34.0 Å². The number of nitrogens with zero attached hydrogens (tertiary/aromatic N) is 6. The van der Waals surface area contributed by atoms with Gasteiger partial charge in [-0.1, -0.05) is 30.3 Å². The fraction of sp³-hybridized carbons (Fsp3) is 0.278. The number of guanidine groups is 4. The largest absolute Gasteiger partial charge is 0.508 e. The number of nitro groups is 1. The van der Waals surface area contributed by atoms with Crippen LogP contribution in [0.3, 0.4) is 0 Å². The number of phenols is 1. The number of amides is 6. The number of hydrogen-bond acceptors (Lipinski definition) is 19. The van der Waals surface area contributed by atoms with Crippen LogP contribution in [0.25, 0.3) is 0 Å². The number of aliphatic imine (C=N–C) groups is 4. The monoisotopic (exact) mass is 982 g/mol. The van der Waals surface area contributed by atoms with Gasteiger partial charge in [-0.15, -0.1) is 0 Å². The van der Waals surface area contributed by atoms with Crippen molar-refractivity contribution in [3.05, 3.63) is 93.3 Å². The van der Waals surface area contributed by atoms with E-state index in [9.17, 15) is 49.1 Å². The molecule has 2 aromatic rings. The smallest absolute Gasteiger partial charge is 0.270 e. The predicted octanol–water partition coefficient (Wildman–Crippen LogP) is -9.44. The first-order valence-corrected chi connectivity index (χ1v) is 19.8. The lowest BCUT2D eigenvalue weighted by molar-refractivity contribution is -0.431. The second kappa shape index (κ2) is 23.8. The number of allylic oxidation sites excluding steroid dienone is 2. The summed E-state index contributed by atoms with van der Waals surface area (Å²) in [6.45, 7) is -0.460. The predicted molar refractivity (Wildman–Crippen MR) is 242 cm³/mol. The SMILES string of the molecule is COc1ccc(O)c(CN(C2=CC=C([N+](=O)[O-])C3NONC23)C(O)C(=O)NC(C(=O)NC(N=C(N)N)C(=O)NC(N=C(N)N)C(=O)NC(N=C(N)N)C(=O)NC(N=C(N)N)C(N)=O)c2ccccc2)c1. The Morgan fingerprint density at radius 3 is 1.69 bits per heavy atom. The second-order valence-corrected chi connectivity index (χ2v) is 14.3. The third kappa shape index (κ3) is 14.2. The zero-order valence-electron chi connectivity index (χ0n) is 36.5. The Kier molecular flexibility index (Phi) is 18.0. The lowest BCUT2D eigenvalue weighted by Gasteiger charge is -2.36. The Hall–Kier alpha value is -9.54. The van der Waals surface area contributed by atoms with Gasteiger partial charge in [0.05, 0.1) is 12.0 Å². The van der Waals surface area contributed by atoms with E-state index < -0.39 is 120 Å². The number of nitrogens with two attached hydrogens (primary N) is 9. The summed E-state index contributed by atoms with van der Waals surface area (Å²) in [4.78, 5) is 112. The van der Waals surface area contributed by atoms with Crippen LogP contribution in [0, 0.1) is 10.1 Å². The van der Waals surface area contributed by atoms with Crippen LogP contribution < -0.4 is 93.9 Å². The van der Waals surface area contributed by atoms with Gasteiger partial charge in [0.2, 0.25) is 36.8 Å². The van der Waals surface area contributed by atoms with Gasteiger partial charge in [0.25, 0.3) is 35.2 Å². The molecule has 34 heteroatoms. The summed E-state index contributed by atoms with van der Waals surface area (Å²) in [5, 5.41) is 45.1. The quantitative estimate of drug-likeness (QED) is 0.0171. The zero-order chi connectivity index (χ0) is 52.0. The second-order valence-electron chi connectivity index (χ2n) is 14.3. The van der Waals surface area contributed by atoms with Crippen molar-refractivity contribution in [3.63, 3.8) is 0 Å². The highest BCUT2D eigenvalue weighted by Gasteiger charge is 2.46. The summed E-state index contributed by atoms with van der Waals surface area (Å²) >= 11 is 0. The molecule has 0 aromatic heterocycles. The van der Waals surface area contributed by atoms with Gasteiger partial charge < -0.3 is 98.0 Å². The van der Waals surface area contributed by atoms with Crippen molar-refractivity contribution in [2.75, 3.05) is 7.11 Å². The van der Waals surface area contributed by atoms with Gasteiger partial charge in [-0.05, 0) is 29.8 Å². The minimum absolute atomic E-state index is 0.0288. The average molecular weight is 983 g/mol. The molecule has 1 aliphatic carbocycles. The molecule has 1 aliphatic heterocycles. The van der Waals surface area contributed by atoms with Crippen molar-refractivity contribution in [2.45, 2.75) is 55.6 Å². The third-order valence-corrected chi connectivity index (χ3v) is 9.39. The molecule has 34 nitrogen and oxygen atoms in total.